The van der Waals surface area contributed by atoms with E-state index in [1.807, 2.05) is 23.9 Å². The summed E-state index contributed by atoms with van der Waals surface area (Å²) in [6.07, 6.45) is 9.69. The topological polar surface area (TPSA) is 64.7 Å². The van der Waals surface area contributed by atoms with E-state index in [0.29, 0.717) is 6.04 Å². The van der Waals surface area contributed by atoms with Crippen molar-refractivity contribution in [2.75, 3.05) is 5.32 Å². The van der Waals surface area contributed by atoms with Gasteiger partial charge in [0.2, 0.25) is 5.91 Å². The van der Waals surface area contributed by atoms with Gasteiger partial charge in [-0.25, -0.2) is 4.68 Å². The first-order valence-corrected chi connectivity index (χ1v) is 10.0. The van der Waals surface area contributed by atoms with E-state index in [-0.39, 0.29) is 12.5 Å². The van der Waals surface area contributed by atoms with Crippen molar-refractivity contribution < 1.29 is 4.79 Å². The van der Waals surface area contributed by atoms with E-state index < -0.39 is 0 Å². The van der Waals surface area contributed by atoms with Gasteiger partial charge in [-0.2, -0.15) is 10.2 Å². The average Bonchev–Trinajstić information content (AvgIpc) is 3.29. The van der Waals surface area contributed by atoms with Crippen LogP contribution < -0.4 is 5.32 Å². The monoisotopic (exact) mass is 377 g/mol. The summed E-state index contributed by atoms with van der Waals surface area (Å²) in [5.74, 6) is 0.690. The van der Waals surface area contributed by atoms with Gasteiger partial charge in [0, 0.05) is 17.8 Å². The van der Waals surface area contributed by atoms with E-state index in [1.54, 1.807) is 10.9 Å². The van der Waals surface area contributed by atoms with Gasteiger partial charge in [0.05, 0.1) is 17.9 Å². The van der Waals surface area contributed by atoms with Crippen molar-refractivity contribution in [3.8, 4) is 11.3 Å². The Morgan fingerprint density at radius 1 is 1.11 bits per heavy atom. The third-order valence-electron chi connectivity index (χ3n) is 5.43. The first-order valence-electron chi connectivity index (χ1n) is 10.0. The molecule has 0 unspecified atom stereocenters. The molecule has 1 amide bonds. The molecule has 6 heteroatoms. The maximum absolute atomic E-state index is 12.6. The lowest BCUT2D eigenvalue weighted by Gasteiger charge is -2.23. The molecule has 3 aromatic rings. The average molecular weight is 377 g/mol. The fourth-order valence-electron chi connectivity index (χ4n) is 3.96. The maximum atomic E-state index is 12.6. The quantitative estimate of drug-likeness (QED) is 0.712. The molecule has 146 valence electrons. The molecule has 0 bridgehead atoms. The van der Waals surface area contributed by atoms with Gasteiger partial charge in [-0.3, -0.25) is 9.48 Å². The summed E-state index contributed by atoms with van der Waals surface area (Å²) >= 11 is 0. The Balaban J connectivity index is 1.44. The third kappa shape index (κ3) is 4.01. The molecule has 1 fully saturated rings. The third-order valence-corrected chi connectivity index (χ3v) is 5.43. The second kappa shape index (κ2) is 8.00. The first-order chi connectivity index (χ1) is 13.6. The number of benzene rings is 1. The summed E-state index contributed by atoms with van der Waals surface area (Å²) in [6, 6.07) is 10.5. The highest BCUT2D eigenvalue weighted by Crippen LogP contribution is 2.30. The zero-order valence-electron chi connectivity index (χ0n) is 16.6. The number of hydrogen-bond acceptors (Lipinski definition) is 3. The lowest BCUT2D eigenvalue weighted by Crippen LogP contribution is -2.23. The normalized spacial score (nSPS) is 14.9. The predicted octanol–water partition coefficient (Wildman–Crippen LogP) is 4.51. The van der Waals surface area contributed by atoms with Gasteiger partial charge in [0.15, 0.2) is 0 Å². The molecule has 28 heavy (non-hydrogen) atoms. The molecule has 1 N–H and O–H groups in total. The second-order valence-corrected chi connectivity index (χ2v) is 7.73. The van der Waals surface area contributed by atoms with Crippen molar-refractivity contribution in [1.29, 1.82) is 0 Å². The van der Waals surface area contributed by atoms with Gasteiger partial charge in [0.1, 0.15) is 12.4 Å². The number of aromatic nitrogens is 4. The van der Waals surface area contributed by atoms with Crippen LogP contribution in [0.5, 0.6) is 0 Å². The van der Waals surface area contributed by atoms with E-state index >= 15 is 0 Å². The highest BCUT2D eigenvalue weighted by molar-refractivity contribution is 5.89. The van der Waals surface area contributed by atoms with Gasteiger partial charge >= 0.3 is 0 Å². The molecule has 0 atom stereocenters. The van der Waals surface area contributed by atoms with Crippen LogP contribution in [0, 0.1) is 13.8 Å². The van der Waals surface area contributed by atoms with Crippen LogP contribution in [0.3, 0.4) is 0 Å². The Bertz CT molecular complexity index is 948. The van der Waals surface area contributed by atoms with E-state index in [0.717, 1.165) is 35.5 Å². The van der Waals surface area contributed by atoms with Crippen LogP contribution in [0.2, 0.25) is 0 Å². The van der Waals surface area contributed by atoms with Crippen LogP contribution in [-0.2, 0) is 11.3 Å². The molecule has 2 aromatic heterocycles. The molecular weight excluding hydrogens is 350 g/mol. The minimum absolute atomic E-state index is 0.0875. The van der Waals surface area contributed by atoms with Crippen LogP contribution >= 0.6 is 0 Å². The molecule has 1 aliphatic carbocycles. The van der Waals surface area contributed by atoms with Gasteiger partial charge < -0.3 is 5.32 Å². The summed E-state index contributed by atoms with van der Waals surface area (Å²) in [7, 11) is 0. The van der Waals surface area contributed by atoms with Crippen LogP contribution in [0.1, 0.15) is 49.3 Å². The number of nitrogens with zero attached hydrogens (tertiary/aromatic N) is 4. The molecule has 0 saturated heterocycles. The summed E-state index contributed by atoms with van der Waals surface area (Å²) in [5.41, 5.74) is 4.26. The standard InChI is InChI=1S/C22H27N5O/c1-16-8-10-18(11-9-16)22-17(2)14-26(25-22)15-21(28)24-20-12-13-23-27(20)19-6-4-3-5-7-19/h8-14,19H,3-7,15H2,1-2H3,(H,24,28). The van der Waals surface area contributed by atoms with Gasteiger partial charge in [-0.1, -0.05) is 49.1 Å². The molecule has 1 aromatic carbocycles. The van der Waals surface area contributed by atoms with Crippen molar-refractivity contribution in [1.82, 2.24) is 19.6 Å². The molecule has 0 spiro atoms. The summed E-state index contributed by atoms with van der Waals surface area (Å²) in [4.78, 5) is 12.6. The zero-order chi connectivity index (χ0) is 19.5. The number of nitrogens with one attached hydrogen (secondary N) is 1. The van der Waals surface area contributed by atoms with Gasteiger partial charge in [-0.05, 0) is 32.3 Å². The minimum Gasteiger partial charge on any atom is -0.309 e. The van der Waals surface area contributed by atoms with Crippen LogP contribution in [0.15, 0.2) is 42.7 Å². The predicted molar refractivity (Wildman–Crippen MR) is 110 cm³/mol. The molecule has 0 radical (unpaired) electrons. The first kappa shape index (κ1) is 18.5. The zero-order valence-corrected chi connectivity index (χ0v) is 16.6. The van der Waals surface area contributed by atoms with Crippen molar-refractivity contribution in [3.05, 3.63) is 53.9 Å². The van der Waals surface area contributed by atoms with Crippen molar-refractivity contribution in [2.45, 2.75) is 58.5 Å². The van der Waals surface area contributed by atoms with Crippen molar-refractivity contribution in [2.24, 2.45) is 0 Å². The molecule has 6 nitrogen and oxygen atoms in total. The summed E-state index contributed by atoms with van der Waals surface area (Å²) in [6.45, 7) is 4.27. The molecule has 1 aliphatic rings. The highest BCUT2D eigenvalue weighted by Gasteiger charge is 2.19. The Hall–Kier alpha value is -2.89. The van der Waals surface area contributed by atoms with Crippen molar-refractivity contribution >= 4 is 11.7 Å². The molecule has 0 aliphatic heterocycles. The Morgan fingerprint density at radius 2 is 1.86 bits per heavy atom. The molecule has 2 heterocycles. The van der Waals surface area contributed by atoms with Crippen molar-refractivity contribution in [3.63, 3.8) is 0 Å². The molecule has 1 saturated carbocycles. The number of anilines is 1. The number of carbonyl (C=O) groups is 1. The fraction of sp³-hybridized carbons (Fsp3) is 0.409. The SMILES string of the molecule is Cc1ccc(-c2nn(CC(=O)Nc3ccnn3C3CCCCC3)cc2C)cc1. The van der Waals surface area contributed by atoms with E-state index in [2.05, 4.69) is 46.7 Å². The Labute approximate surface area is 165 Å². The van der Waals surface area contributed by atoms with Crippen LogP contribution in [0.4, 0.5) is 5.82 Å². The number of hydrogen-bond donors (Lipinski definition) is 1. The smallest absolute Gasteiger partial charge is 0.247 e. The minimum atomic E-state index is -0.0875. The Kier molecular flexibility index (Phi) is 5.28. The number of aryl methyl sites for hydroxylation is 2. The number of amides is 1. The Morgan fingerprint density at radius 3 is 2.61 bits per heavy atom. The molecular formula is C22H27N5O. The fourth-order valence-corrected chi connectivity index (χ4v) is 3.96. The summed E-state index contributed by atoms with van der Waals surface area (Å²) < 4.78 is 3.68. The van der Waals surface area contributed by atoms with Crippen LogP contribution in [0.25, 0.3) is 11.3 Å². The van der Waals surface area contributed by atoms with E-state index in [9.17, 15) is 4.79 Å². The lowest BCUT2D eigenvalue weighted by molar-refractivity contribution is -0.117. The number of rotatable bonds is 5. The summed E-state index contributed by atoms with van der Waals surface area (Å²) in [5, 5.41) is 12.1. The van der Waals surface area contributed by atoms with Gasteiger partial charge in [0.25, 0.3) is 0 Å². The highest BCUT2D eigenvalue weighted by atomic mass is 16.2. The van der Waals surface area contributed by atoms with Gasteiger partial charge in [-0.15, -0.1) is 0 Å². The van der Waals surface area contributed by atoms with Crippen LogP contribution in [-0.4, -0.2) is 25.5 Å². The van der Waals surface area contributed by atoms with E-state index in [1.165, 1.54) is 24.8 Å². The number of carbonyl (C=O) groups excluding carboxylic acids is 1. The molecule has 4 rings (SSSR count). The van der Waals surface area contributed by atoms with E-state index in [4.69, 9.17) is 0 Å². The second-order valence-electron chi connectivity index (χ2n) is 7.73. The lowest BCUT2D eigenvalue weighted by atomic mass is 9.96. The largest absolute Gasteiger partial charge is 0.309 e. The maximum Gasteiger partial charge on any atom is 0.247 e.